The number of carbonyl (C=O) groups excluding carboxylic acids is 1. The minimum Gasteiger partial charge on any atom is -0.457 e. The molecule has 4 heteroatoms. The van der Waals surface area contributed by atoms with Crippen molar-refractivity contribution in [3.63, 3.8) is 0 Å². The predicted octanol–water partition coefficient (Wildman–Crippen LogP) is 0.722. The number of ether oxygens (including phenoxy) is 2. The zero-order valence-corrected chi connectivity index (χ0v) is 9.06. The van der Waals surface area contributed by atoms with Gasteiger partial charge in [-0.25, -0.2) is 0 Å². The largest absolute Gasteiger partial charge is 0.457 e. The number of aliphatic hydroxyl groups excluding tert-OH is 1. The molecule has 1 unspecified atom stereocenters. The third-order valence-corrected chi connectivity index (χ3v) is 2.81. The summed E-state index contributed by atoms with van der Waals surface area (Å²) in [7, 11) is 0. The molecule has 0 spiro atoms. The van der Waals surface area contributed by atoms with Crippen molar-refractivity contribution in [1.29, 1.82) is 0 Å². The van der Waals surface area contributed by atoms with Crippen LogP contribution < -0.4 is 0 Å². The van der Waals surface area contributed by atoms with E-state index in [1.165, 1.54) is 6.92 Å². The SMILES string of the molecule is CC(=O)O[C@@H]1[C@H](O)[C@@H](C)C(C)O[C@H]1C. The Morgan fingerprint density at radius 1 is 1.29 bits per heavy atom. The van der Waals surface area contributed by atoms with Gasteiger partial charge in [0, 0.05) is 12.8 Å². The smallest absolute Gasteiger partial charge is 0.303 e. The summed E-state index contributed by atoms with van der Waals surface area (Å²) >= 11 is 0. The van der Waals surface area contributed by atoms with Gasteiger partial charge < -0.3 is 14.6 Å². The minimum absolute atomic E-state index is 0.00759. The van der Waals surface area contributed by atoms with Crippen LogP contribution in [0.1, 0.15) is 27.7 Å². The van der Waals surface area contributed by atoms with Gasteiger partial charge in [-0.2, -0.15) is 0 Å². The van der Waals surface area contributed by atoms with E-state index < -0.39 is 12.2 Å². The lowest BCUT2D eigenvalue weighted by Crippen LogP contribution is -2.53. The van der Waals surface area contributed by atoms with Crippen LogP contribution in [0.5, 0.6) is 0 Å². The first-order chi connectivity index (χ1) is 6.43. The van der Waals surface area contributed by atoms with Crippen molar-refractivity contribution in [2.45, 2.75) is 52.1 Å². The number of hydrogen-bond acceptors (Lipinski definition) is 4. The number of rotatable bonds is 1. The van der Waals surface area contributed by atoms with E-state index in [-0.39, 0.29) is 24.1 Å². The first kappa shape index (κ1) is 11.5. The van der Waals surface area contributed by atoms with Crippen molar-refractivity contribution in [1.82, 2.24) is 0 Å². The summed E-state index contributed by atoms with van der Waals surface area (Å²) in [5.74, 6) is -0.401. The van der Waals surface area contributed by atoms with E-state index in [4.69, 9.17) is 9.47 Å². The van der Waals surface area contributed by atoms with Crippen LogP contribution in [0.2, 0.25) is 0 Å². The number of carbonyl (C=O) groups is 1. The van der Waals surface area contributed by atoms with Crippen molar-refractivity contribution in [2.75, 3.05) is 0 Å². The standard InChI is InChI=1S/C10H18O4/c1-5-6(2)13-7(3)10(9(5)12)14-8(4)11/h5-7,9-10,12H,1-4H3/t5-,6?,7-,9+,10-/m0/s1. The van der Waals surface area contributed by atoms with E-state index in [1.807, 2.05) is 13.8 Å². The van der Waals surface area contributed by atoms with Crippen LogP contribution in [0.15, 0.2) is 0 Å². The number of aliphatic hydroxyl groups is 1. The number of esters is 1. The molecule has 1 aliphatic rings. The zero-order valence-electron chi connectivity index (χ0n) is 9.06. The van der Waals surface area contributed by atoms with Gasteiger partial charge in [-0.15, -0.1) is 0 Å². The van der Waals surface area contributed by atoms with Crippen LogP contribution in [-0.2, 0) is 14.3 Å². The molecule has 0 aromatic carbocycles. The van der Waals surface area contributed by atoms with Gasteiger partial charge in [0.15, 0.2) is 6.10 Å². The number of hydrogen-bond donors (Lipinski definition) is 1. The Bertz CT molecular complexity index is 216. The average molecular weight is 202 g/mol. The van der Waals surface area contributed by atoms with E-state index >= 15 is 0 Å². The highest BCUT2D eigenvalue weighted by Crippen LogP contribution is 2.27. The van der Waals surface area contributed by atoms with Gasteiger partial charge in [0.25, 0.3) is 0 Å². The lowest BCUT2D eigenvalue weighted by atomic mass is 9.89. The Hall–Kier alpha value is -0.610. The van der Waals surface area contributed by atoms with Gasteiger partial charge in [0.2, 0.25) is 0 Å². The molecular formula is C10H18O4. The van der Waals surface area contributed by atoms with Crippen molar-refractivity contribution < 1.29 is 19.4 Å². The fraction of sp³-hybridized carbons (Fsp3) is 0.900. The first-order valence-corrected chi connectivity index (χ1v) is 4.94. The molecule has 14 heavy (non-hydrogen) atoms. The van der Waals surface area contributed by atoms with Gasteiger partial charge >= 0.3 is 5.97 Å². The Kier molecular flexibility index (Phi) is 3.50. The third kappa shape index (κ3) is 2.25. The highest BCUT2D eigenvalue weighted by Gasteiger charge is 2.40. The Labute approximate surface area is 84.2 Å². The molecule has 1 rings (SSSR count). The maximum absolute atomic E-state index is 10.8. The maximum Gasteiger partial charge on any atom is 0.303 e. The highest BCUT2D eigenvalue weighted by atomic mass is 16.6. The van der Waals surface area contributed by atoms with Gasteiger partial charge in [-0.05, 0) is 13.8 Å². The summed E-state index contributed by atoms with van der Waals surface area (Å²) in [4.78, 5) is 10.8. The van der Waals surface area contributed by atoms with Gasteiger partial charge in [0.1, 0.15) is 0 Å². The molecule has 1 heterocycles. The molecule has 4 nitrogen and oxygen atoms in total. The molecule has 0 bridgehead atoms. The summed E-state index contributed by atoms with van der Waals surface area (Å²) < 4.78 is 10.6. The minimum atomic E-state index is -0.641. The predicted molar refractivity (Wildman–Crippen MR) is 50.7 cm³/mol. The van der Waals surface area contributed by atoms with Crippen LogP contribution in [0, 0.1) is 5.92 Å². The summed E-state index contributed by atoms with van der Waals surface area (Å²) in [5.41, 5.74) is 0. The van der Waals surface area contributed by atoms with Crippen molar-refractivity contribution in [2.24, 2.45) is 5.92 Å². The Morgan fingerprint density at radius 2 is 1.86 bits per heavy atom. The fourth-order valence-electron chi connectivity index (χ4n) is 1.75. The van der Waals surface area contributed by atoms with E-state index in [0.29, 0.717) is 0 Å². The van der Waals surface area contributed by atoms with Gasteiger partial charge in [-0.3, -0.25) is 4.79 Å². The van der Waals surface area contributed by atoms with Crippen LogP contribution in [-0.4, -0.2) is 35.5 Å². The van der Waals surface area contributed by atoms with Crippen LogP contribution in [0.3, 0.4) is 0 Å². The van der Waals surface area contributed by atoms with Crippen molar-refractivity contribution in [3.05, 3.63) is 0 Å². The summed E-state index contributed by atoms with van der Waals surface area (Å²) in [6, 6.07) is 0. The third-order valence-electron chi connectivity index (χ3n) is 2.81. The lowest BCUT2D eigenvalue weighted by Gasteiger charge is -2.40. The van der Waals surface area contributed by atoms with Crippen LogP contribution in [0.4, 0.5) is 0 Å². The summed E-state index contributed by atoms with van der Waals surface area (Å²) in [6.45, 7) is 6.94. The maximum atomic E-state index is 10.8. The lowest BCUT2D eigenvalue weighted by molar-refractivity contribution is -0.205. The fourth-order valence-corrected chi connectivity index (χ4v) is 1.75. The molecule has 1 aliphatic heterocycles. The van der Waals surface area contributed by atoms with Crippen molar-refractivity contribution in [3.8, 4) is 0 Å². The molecular weight excluding hydrogens is 184 g/mol. The second-order valence-electron chi connectivity index (χ2n) is 3.97. The Morgan fingerprint density at radius 3 is 2.36 bits per heavy atom. The topological polar surface area (TPSA) is 55.8 Å². The van der Waals surface area contributed by atoms with E-state index in [0.717, 1.165) is 0 Å². The van der Waals surface area contributed by atoms with Gasteiger partial charge in [-0.1, -0.05) is 6.92 Å². The first-order valence-electron chi connectivity index (χ1n) is 4.94. The molecule has 1 saturated heterocycles. The molecule has 0 aromatic rings. The molecule has 5 atom stereocenters. The monoisotopic (exact) mass is 202 g/mol. The molecule has 0 saturated carbocycles. The highest BCUT2D eigenvalue weighted by molar-refractivity contribution is 5.66. The molecule has 82 valence electrons. The van der Waals surface area contributed by atoms with Crippen LogP contribution in [0.25, 0.3) is 0 Å². The molecule has 0 aliphatic carbocycles. The van der Waals surface area contributed by atoms with Crippen LogP contribution >= 0.6 is 0 Å². The van der Waals surface area contributed by atoms with E-state index in [1.54, 1.807) is 6.92 Å². The molecule has 0 amide bonds. The summed E-state index contributed by atoms with van der Waals surface area (Å²) in [6.07, 6.45) is -1.44. The molecule has 0 radical (unpaired) electrons. The zero-order chi connectivity index (χ0) is 10.9. The van der Waals surface area contributed by atoms with E-state index in [2.05, 4.69) is 0 Å². The molecule has 1 N–H and O–H groups in total. The second kappa shape index (κ2) is 4.28. The average Bonchev–Trinajstić information content (AvgIpc) is 2.09. The second-order valence-corrected chi connectivity index (χ2v) is 3.97. The quantitative estimate of drug-likeness (QED) is 0.637. The Balaban J connectivity index is 2.68. The van der Waals surface area contributed by atoms with Crippen molar-refractivity contribution >= 4 is 5.97 Å². The summed E-state index contributed by atoms with van der Waals surface area (Å²) in [5, 5.41) is 9.87. The van der Waals surface area contributed by atoms with Gasteiger partial charge in [0.05, 0.1) is 18.3 Å². The molecule has 0 aromatic heterocycles. The van der Waals surface area contributed by atoms with E-state index in [9.17, 15) is 9.90 Å². The molecule has 1 fully saturated rings. The normalized spacial score (nSPS) is 43.4.